The highest BCUT2D eigenvalue weighted by atomic mass is 35.5. The van der Waals surface area contributed by atoms with Gasteiger partial charge in [-0.05, 0) is 19.1 Å². The first-order valence-corrected chi connectivity index (χ1v) is 7.62. The van der Waals surface area contributed by atoms with Gasteiger partial charge in [0.2, 0.25) is 5.91 Å². The number of hydrogen-bond acceptors (Lipinski definition) is 4. The van der Waals surface area contributed by atoms with Crippen LogP contribution in [0.15, 0.2) is 29.6 Å². The van der Waals surface area contributed by atoms with Crippen LogP contribution < -0.4 is 10.6 Å². The van der Waals surface area contributed by atoms with Gasteiger partial charge in [-0.1, -0.05) is 23.7 Å². The van der Waals surface area contributed by atoms with Crippen molar-refractivity contribution < 1.29 is 9.59 Å². The zero-order valence-corrected chi connectivity index (χ0v) is 12.9. The number of nitrogens with one attached hydrogen (secondary N) is 2. The summed E-state index contributed by atoms with van der Waals surface area (Å²) in [6.07, 6.45) is 0. The molecule has 2 aromatic rings. The van der Waals surface area contributed by atoms with Gasteiger partial charge in [0.05, 0.1) is 6.54 Å². The largest absolute Gasteiger partial charge is 0.355 e. The molecule has 0 spiro atoms. The third-order valence-electron chi connectivity index (χ3n) is 2.61. The summed E-state index contributed by atoms with van der Waals surface area (Å²) in [5.74, 6) is -0.586. The Bertz CT molecular complexity index is 640. The molecular weight excluding hydrogens is 310 g/mol. The van der Waals surface area contributed by atoms with Crippen molar-refractivity contribution in [1.82, 2.24) is 15.6 Å². The zero-order valence-electron chi connectivity index (χ0n) is 11.4. The lowest BCUT2D eigenvalue weighted by molar-refractivity contribution is -0.120. The second-order valence-corrected chi connectivity index (χ2v) is 5.48. The molecule has 5 nitrogen and oxygen atoms in total. The Labute approximate surface area is 131 Å². The minimum absolute atomic E-state index is 0.0551. The number of hydrogen-bond donors (Lipinski definition) is 2. The lowest BCUT2D eigenvalue weighted by Gasteiger charge is -2.03. The van der Waals surface area contributed by atoms with Crippen molar-refractivity contribution in [3.8, 4) is 10.6 Å². The van der Waals surface area contributed by atoms with Crippen molar-refractivity contribution in [3.63, 3.8) is 0 Å². The van der Waals surface area contributed by atoms with Crippen molar-refractivity contribution in [2.24, 2.45) is 0 Å². The highest BCUT2D eigenvalue weighted by Crippen LogP contribution is 2.24. The van der Waals surface area contributed by atoms with Crippen LogP contribution in [0.2, 0.25) is 5.02 Å². The molecule has 1 aromatic carbocycles. The van der Waals surface area contributed by atoms with Gasteiger partial charge in [-0.25, -0.2) is 4.98 Å². The number of halogens is 1. The molecule has 2 amide bonds. The molecule has 0 aliphatic rings. The van der Waals surface area contributed by atoms with E-state index in [4.69, 9.17) is 11.6 Å². The minimum Gasteiger partial charge on any atom is -0.355 e. The number of aromatic nitrogens is 1. The lowest BCUT2D eigenvalue weighted by Crippen LogP contribution is -2.36. The molecular formula is C14H14ClN3O2S. The van der Waals surface area contributed by atoms with Crippen LogP contribution in [-0.2, 0) is 4.79 Å². The van der Waals surface area contributed by atoms with Crippen molar-refractivity contribution in [2.75, 3.05) is 13.1 Å². The van der Waals surface area contributed by atoms with E-state index in [1.807, 2.05) is 19.1 Å². The lowest BCUT2D eigenvalue weighted by atomic mass is 10.2. The smallest absolute Gasteiger partial charge is 0.271 e. The normalized spacial score (nSPS) is 10.2. The summed E-state index contributed by atoms with van der Waals surface area (Å²) in [7, 11) is 0. The van der Waals surface area contributed by atoms with Gasteiger partial charge < -0.3 is 10.6 Å². The van der Waals surface area contributed by atoms with E-state index in [9.17, 15) is 9.59 Å². The molecule has 2 N–H and O–H groups in total. The zero-order chi connectivity index (χ0) is 15.2. The van der Waals surface area contributed by atoms with Crippen LogP contribution in [0.25, 0.3) is 10.6 Å². The van der Waals surface area contributed by atoms with E-state index in [1.54, 1.807) is 17.5 Å². The molecule has 21 heavy (non-hydrogen) atoms. The van der Waals surface area contributed by atoms with Gasteiger partial charge in [-0.3, -0.25) is 9.59 Å². The van der Waals surface area contributed by atoms with E-state index < -0.39 is 0 Å². The molecule has 0 saturated heterocycles. The number of rotatable bonds is 5. The first kappa shape index (κ1) is 15.5. The van der Waals surface area contributed by atoms with Crippen LogP contribution >= 0.6 is 22.9 Å². The van der Waals surface area contributed by atoms with E-state index in [2.05, 4.69) is 15.6 Å². The topological polar surface area (TPSA) is 71.1 Å². The Morgan fingerprint density at radius 1 is 1.24 bits per heavy atom. The van der Waals surface area contributed by atoms with E-state index in [-0.39, 0.29) is 18.4 Å². The second kappa shape index (κ2) is 7.19. The molecule has 0 aliphatic heterocycles. The monoisotopic (exact) mass is 323 g/mol. The molecule has 0 saturated carbocycles. The first-order valence-electron chi connectivity index (χ1n) is 6.36. The summed E-state index contributed by atoms with van der Waals surface area (Å²) in [5.41, 5.74) is 1.20. The maximum absolute atomic E-state index is 11.9. The van der Waals surface area contributed by atoms with Gasteiger partial charge in [0, 0.05) is 22.5 Å². The highest BCUT2D eigenvalue weighted by Gasteiger charge is 2.12. The minimum atomic E-state index is -0.363. The fourth-order valence-corrected chi connectivity index (χ4v) is 2.55. The maximum atomic E-state index is 11.9. The summed E-state index contributed by atoms with van der Waals surface area (Å²) in [4.78, 5) is 27.4. The quantitative estimate of drug-likeness (QED) is 0.887. The van der Waals surface area contributed by atoms with E-state index >= 15 is 0 Å². The molecule has 0 aliphatic carbocycles. The third-order valence-corrected chi connectivity index (χ3v) is 3.75. The molecule has 2 rings (SSSR count). The molecule has 1 aromatic heterocycles. The Hall–Kier alpha value is -1.92. The van der Waals surface area contributed by atoms with Crippen molar-refractivity contribution in [2.45, 2.75) is 6.92 Å². The number of thiazole rings is 1. The molecule has 0 fully saturated rings. The van der Waals surface area contributed by atoms with Crippen molar-refractivity contribution >= 4 is 34.8 Å². The molecule has 1 heterocycles. The number of amides is 2. The Kier molecular flexibility index (Phi) is 5.30. The van der Waals surface area contributed by atoms with Gasteiger partial charge >= 0.3 is 0 Å². The Balaban J connectivity index is 2.00. The Morgan fingerprint density at radius 3 is 2.62 bits per heavy atom. The standard InChI is InChI=1S/C14H14ClN3O2S/c1-2-16-12(19)7-17-13(20)11-8-21-14(18-11)9-3-5-10(15)6-4-9/h3-6,8H,2,7H2,1H3,(H,16,19)(H,17,20). The molecule has 0 radical (unpaired) electrons. The predicted octanol–water partition coefficient (Wildman–Crippen LogP) is 2.33. The van der Waals surface area contributed by atoms with Crippen molar-refractivity contribution in [1.29, 1.82) is 0 Å². The first-order chi connectivity index (χ1) is 10.1. The third kappa shape index (κ3) is 4.27. The van der Waals surface area contributed by atoms with E-state index in [0.717, 1.165) is 10.6 Å². The SMILES string of the molecule is CCNC(=O)CNC(=O)c1csc(-c2ccc(Cl)cc2)n1. The second-order valence-electron chi connectivity index (χ2n) is 4.18. The van der Waals surface area contributed by atoms with Gasteiger partial charge in [-0.15, -0.1) is 11.3 Å². The fraction of sp³-hybridized carbons (Fsp3) is 0.214. The van der Waals surface area contributed by atoms with E-state index in [0.29, 0.717) is 17.3 Å². The van der Waals surface area contributed by atoms with Crippen LogP contribution in [0.4, 0.5) is 0 Å². The van der Waals surface area contributed by atoms with Gasteiger partial charge in [0.15, 0.2) is 0 Å². The van der Waals surface area contributed by atoms with Crippen LogP contribution in [-0.4, -0.2) is 29.9 Å². The summed E-state index contributed by atoms with van der Waals surface area (Å²) < 4.78 is 0. The van der Waals surface area contributed by atoms with Crippen LogP contribution in [0.5, 0.6) is 0 Å². The predicted molar refractivity (Wildman–Crippen MR) is 83.6 cm³/mol. The van der Waals surface area contributed by atoms with Crippen LogP contribution in [0.1, 0.15) is 17.4 Å². The number of benzene rings is 1. The average Bonchev–Trinajstić information content (AvgIpc) is 2.96. The van der Waals surface area contributed by atoms with Crippen molar-refractivity contribution in [3.05, 3.63) is 40.4 Å². The highest BCUT2D eigenvalue weighted by molar-refractivity contribution is 7.13. The number of carbonyl (C=O) groups is 2. The maximum Gasteiger partial charge on any atom is 0.271 e. The summed E-state index contributed by atoms with van der Waals surface area (Å²) in [6.45, 7) is 2.30. The van der Waals surface area contributed by atoms with Gasteiger partial charge in [-0.2, -0.15) is 0 Å². The van der Waals surface area contributed by atoms with E-state index in [1.165, 1.54) is 11.3 Å². The average molecular weight is 324 g/mol. The molecule has 0 unspecified atom stereocenters. The van der Waals surface area contributed by atoms with Crippen LogP contribution in [0, 0.1) is 0 Å². The summed E-state index contributed by atoms with van der Waals surface area (Å²) in [5, 5.41) is 8.18. The number of carbonyl (C=O) groups excluding carboxylic acids is 2. The van der Waals surface area contributed by atoms with Gasteiger partial charge in [0.1, 0.15) is 10.7 Å². The summed E-state index contributed by atoms with van der Waals surface area (Å²) in [6, 6.07) is 7.23. The van der Waals surface area contributed by atoms with Gasteiger partial charge in [0.25, 0.3) is 5.91 Å². The number of nitrogens with zero attached hydrogens (tertiary/aromatic N) is 1. The molecule has 110 valence electrons. The molecule has 7 heteroatoms. The molecule has 0 atom stereocenters. The van der Waals surface area contributed by atoms with Crippen LogP contribution in [0.3, 0.4) is 0 Å². The summed E-state index contributed by atoms with van der Waals surface area (Å²) >= 11 is 7.20. The molecule has 0 bridgehead atoms. The fourth-order valence-electron chi connectivity index (χ4n) is 1.61. The number of likely N-dealkylation sites (N-methyl/N-ethyl adjacent to an activating group) is 1. The Morgan fingerprint density at radius 2 is 1.95 bits per heavy atom.